The number of aryl methyl sites for hydroxylation is 1. The minimum absolute atomic E-state index is 0.219. The molecule has 7 nitrogen and oxygen atoms in total. The first-order valence-corrected chi connectivity index (χ1v) is 8.62. The summed E-state index contributed by atoms with van der Waals surface area (Å²) >= 11 is 1.28. The van der Waals surface area contributed by atoms with Gasteiger partial charge in [-0.15, -0.1) is 11.3 Å². The van der Waals surface area contributed by atoms with E-state index in [9.17, 15) is 9.18 Å². The Kier molecular flexibility index (Phi) is 5.69. The summed E-state index contributed by atoms with van der Waals surface area (Å²) in [6.45, 7) is 2.25. The highest BCUT2D eigenvalue weighted by Gasteiger charge is 2.08. The van der Waals surface area contributed by atoms with Gasteiger partial charge in [0.2, 0.25) is 5.88 Å². The molecule has 0 unspecified atom stereocenters. The number of rotatable bonds is 6. The monoisotopic (exact) mass is 373 g/mol. The van der Waals surface area contributed by atoms with E-state index in [0.29, 0.717) is 28.0 Å². The number of amides is 2. The van der Waals surface area contributed by atoms with Crippen molar-refractivity contribution in [1.82, 2.24) is 20.3 Å². The van der Waals surface area contributed by atoms with E-state index in [4.69, 9.17) is 4.74 Å². The molecule has 0 radical (unpaired) electrons. The van der Waals surface area contributed by atoms with Crippen molar-refractivity contribution in [3.8, 4) is 5.88 Å². The quantitative estimate of drug-likeness (QED) is 0.692. The number of benzene rings is 1. The minimum atomic E-state index is -0.416. The van der Waals surface area contributed by atoms with Crippen LogP contribution in [0.5, 0.6) is 5.88 Å². The van der Waals surface area contributed by atoms with Gasteiger partial charge in [-0.1, -0.05) is 12.1 Å². The lowest BCUT2D eigenvalue weighted by Gasteiger charge is -2.06. The molecule has 3 rings (SSSR count). The molecule has 0 aliphatic rings. The van der Waals surface area contributed by atoms with Crippen LogP contribution in [-0.4, -0.2) is 21.0 Å². The SMILES string of the molecule is Cc1nccnc1OCc1csc(NC(=O)NCc2cccc(F)c2)n1. The average molecular weight is 373 g/mol. The molecule has 0 saturated heterocycles. The van der Waals surface area contributed by atoms with E-state index in [0.717, 1.165) is 0 Å². The van der Waals surface area contributed by atoms with E-state index in [-0.39, 0.29) is 19.0 Å². The van der Waals surface area contributed by atoms with Crippen LogP contribution in [0.3, 0.4) is 0 Å². The highest BCUT2D eigenvalue weighted by atomic mass is 32.1. The third-order valence-corrected chi connectivity index (χ3v) is 4.11. The molecule has 26 heavy (non-hydrogen) atoms. The standard InChI is InChI=1S/C17H16FN5O2S/c1-11-15(20-6-5-19-11)25-9-14-10-26-17(22-14)23-16(24)21-8-12-3-2-4-13(18)7-12/h2-7,10H,8-9H2,1H3,(H2,21,22,23,24). The number of urea groups is 1. The first-order valence-electron chi connectivity index (χ1n) is 7.74. The van der Waals surface area contributed by atoms with Crippen molar-refractivity contribution in [3.63, 3.8) is 0 Å². The maximum atomic E-state index is 13.1. The Morgan fingerprint density at radius 3 is 2.96 bits per heavy atom. The first-order chi connectivity index (χ1) is 12.6. The zero-order chi connectivity index (χ0) is 18.4. The van der Waals surface area contributed by atoms with Crippen LogP contribution in [0.25, 0.3) is 0 Å². The predicted molar refractivity (Wildman–Crippen MR) is 95.5 cm³/mol. The third-order valence-electron chi connectivity index (χ3n) is 3.31. The molecular formula is C17H16FN5O2S. The molecule has 0 aliphatic carbocycles. The lowest BCUT2D eigenvalue weighted by molar-refractivity contribution is 0.251. The lowest BCUT2D eigenvalue weighted by Crippen LogP contribution is -2.28. The van der Waals surface area contributed by atoms with Crippen molar-refractivity contribution >= 4 is 22.5 Å². The van der Waals surface area contributed by atoms with Crippen LogP contribution >= 0.6 is 11.3 Å². The lowest BCUT2D eigenvalue weighted by atomic mass is 10.2. The number of thiazole rings is 1. The van der Waals surface area contributed by atoms with Gasteiger partial charge in [0.1, 0.15) is 12.4 Å². The number of hydrogen-bond donors (Lipinski definition) is 2. The molecule has 134 valence electrons. The highest BCUT2D eigenvalue weighted by molar-refractivity contribution is 7.13. The molecular weight excluding hydrogens is 357 g/mol. The third kappa shape index (κ3) is 4.96. The number of ether oxygens (including phenoxy) is 1. The molecule has 0 aliphatic heterocycles. The van der Waals surface area contributed by atoms with Crippen molar-refractivity contribution in [2.75, 3.05) is 5.32 Å². The van der Waals surface area contributed by atoms with Crippen LogP contribution in [-0.2, 0) is 13.2 Å². The number of nitrogens with one attached hydrogen (secondary N) is 2. The first kappa shape index (κ1) is 17.7. The summed E-state index contributed by atoms with van der Waals surface area (Å²) in [7, 11) is 0. The van der Waals surface area contributed by atoms with Gasteiger partial charge in [-0.05, 0) is 24.6 Å². The Bertz CT molecular complexity index is 902. The zero-order valence-corrected chi connectivity index (χ0v) is 14.7. The topological polar surface area (TPSA) is 89.0 Å². The van der Waals surface area contributed by atoms with Crippen LogP contribution in [0.15, 0.2) is 42.0 Å². The highest BCUT2D eigenvalue weighted by Crippen LogP contribution is 2.18. The number of carbonyl (C=O) groups is 1. The number of anilines is 1. The molecule has 1 aromatic carbocycles. The number of nitrogens with zero attached hydrogens (tertiary/aromatic N) is 3. The number of halogens is 1. The summed E-state index contributed by atoms with van der Waals surface area (Å²) in [5.41, 5.74) is 2.03. The Morgan fingerprint density at radius 2 is 2.15 bits per heavy atom. The van der Waals surface area contributed by atoms with Crippen molar-refractivity contribution in [1.29, 1.82) is 0 Å². The Hall–Kier alpha value is -3.07. The van der Waals surface area contributed by atoms with Crippen molar-refractivity contribution in [3.05, 3.63) is 64.8 Å². The smallest absolute Gasteiger partial charge is 0.321 e. The van der Waals surface area contributed by atoms with E-state index in [1.54, 1.807) is 36.8 Å². The van der Waals surface area contributed by atoms with Crippen LogP contribution in [0, 0.1) is 12.7 Å². The Morgan fingerprint density at radius 1 is 1.31 bits per heavy atom. The summed E-state index contributed by atoms with van der Waals surface area (Å²) in [5, 5.41) is 7.51. The molecule has 9 heteroatoms. The van der Waals surface area contributed by atoms with E-state index < -0.39 is 6.03 Å². The maximum absolute atomic E-state index is 13.1. The summed E-state index contributed by atoms with van der Waals surface area (Å²) in [6, 6.07) is 5.63. The van der Waals surface area contributed by atoms with Gasteiger partial charge < -0.3 is 10.1 Å². The van der Waals surface area contributed by atoms with Gasteiger partial charge in [0.15, 0.2) is 5.13 Å². The number of hydrogen-bond acceptors (Lipinski definition) is 6. The number of carbonyl (C=O) groups excluding carboxylic acids is 1. The fourth-order valence-corrected chi connectivity index (χ4v) is 2.77. The van der Waals surface area contributed by atoms with Gasteiger partial charge in [-0.25, -0.2) is 19.2 Å². The normalized spacial score (nSPS) is 10.4. The fraction of sp³-hybridized carbons (Fsp3) is 0.176. The molecule has 0 bridgehead atoms. The summed E-state index contributed by atoms with van der Waals surface area (Å²) in [6.07, 6.45) is 3.15. The van der Waals surface area contributed by atoms with Gasteiger partial charge in [0.25, 0.3) is 0 Å². The zero-order valence-electron chi connectivity index (χ0n) is 13.9. The summed E-state index contributed by atoms with van der Waals surface area (Å²) in [4.78, 5) is 24.4. The molecule has 0 fully saturated rings. The van der Waals surface area contributed by atoms with Crippen molar-refractivity contribution in [2.24, 2.45) is 0 Å². The second-order valence-electron chi connectivity index (χ2n) is 5.32. The van der Waals surface area contributed by atoms with Gasteiger partial charge in [-0.3, -0.25) is 10.3 Å². The van der Waals surface area contributed by atoms with Crippen LogP contribution in [0.1, 0.15) is 17.0 Å². The molecule has 0 atom stereocenters. The maximum Gasteiger partial charge on any atom is 0.321 e. The van der Waals surface area contributed by atoms with Gasteiger partial charge in [0.05, 0.1) is 11.4 Å². The van der Waals surface area contributed by atoms with E-state index in [1.807, 2.05) is 0 Å². The summed E-state index contributed by atoms with van der Waals surface area (Å²) < 4.78 is 18.7. The second-order valence-corrected chi connectivity index (χ2v) is 6.18. The molecule has 2 N–H and O–H groups in total. The van der Waals surface area contributed by atoms with Crippen LogP contribution in [0.2, 0.25) is 0 Å². The molecule has 2 aromatic heterocycles. The van der Waals surface area contributed by atoms with Gasteiger partial charge >= 0.3 is 6.03 Å². The van der Waals surface area contributed by atoms with Crippen LogP contribution < -0.4 is 15.4 Å². The van der Waals surface area contributed by atoms with Crippen molar-refractivity contribution < 1.29 is 13.9 Å². The molecule has 0 saturated carbocycles. The Labute approximate surface area is 153 Å². The van der Waals surface area contributed by atoms with E-state index in [1.165, 1.54) is 23.5 Å². The molecule has 3 aromatic rings. The largest absolute Gasteiger partial charge is 0.470 e. The van der Waals surface area contributed by atoms with Gasteiger partial charge in [-0.2, -0.15) is 0 Å². The number of aromatic nitrogens is 3. The van der Waals surface area contributed by atoms with Crippen LogP contribution in [0.4, 0.5) is 14.3 Å². The Balaban J connectivity index is 1.48. The van der Waals surface area contributed by atoms with Gasteiger partial charge in [0, 0.05) is 24.3 Å². The minimum Gasteiger partial charge on any atom is -0.470 e. The molecule has 0 spiro atoms. The average Bonchev–Trinajstić information content (AvgIpc) is 3.07. The van der Waals surface area contributed by atoms with Crippen molar-refractivity contribution in [2.45, 2.75) is 20.1 Å². The predicted octanol–water partition coefficient (Wildman–Crippen LogP) is 3.28. The second kappa shape index (κ2) is 8.34. The summed E-state index contributed by atoms with van der Waals surface area (Å²) in [5.74, 6) is 0.107. The van der Waals surface area contributed by atoms with E-state index >= 15 is 0 Å². The molecule has 2 heterocycles. The van der Waals surface area contributed by atoms with E-state index in [2.05, 4.69) is 25.6 Å². The molecule has 2 amide bonds. The fourth-order valence-electron chi connectivity index (χ4n) is 2.08.